The van der Waals surface area contributed by atoms with Gasteiger partial charge in [0.2, 0.25) is 0 Å². The lowest BCUT2D eigenvalue weighted by molar-refractivity contribution is -0.107. The van der Waals surface area contributed by atoms with Gasteiger partial charge >= 0.3 is 0 Å². The van der Waals surface area contributed by atoms with Crippen molar-refractivity contribution in [1.82, 2.24) is 0 Å². The number of rotatable bonds is 4. The van der Waals surface area contributed by atoms with Crippen molar-refractivity contribution in [3.05, 3.63) is 0 Å². The van der Waals surface area contributed by atoms with Gasteiger partial charge in [-0.25, -0.2) is 0 Å². The Kier molecular flexibility index (Phi) is 1.60. The van der Waals surface area contributed by atoms with Gasteiger partial charge in [0.25, 0.3) is 0 Å². The molecule has 1 rings (SSSR count). The zero-order chi connectivity index (χ0) is 6.74. The van der Waals surface area contributed by atoms with Crippen LogP contribution in [0.3, 0.4) is 0 Å². The van der Waals surface area contributed by atoms with Crippen LogP contribution >= 0.6 is 0 Å². The number of carbonyl (C=O) groups is 1. The minimum atomic E-state index is -0.108. The molecule has 0 spiro atoms. The summed E-state index contributed by atoms with van der Waals surface area (Å²) < 4.78 is 0. The minimum absolute atomic E-state index is 0.108. The number of unbranched alkanes of at least 4 members (excludes halogenated alkanes) is 1. The fourth-order valence-corrected chi connectivity index (χ4v) is 0.706. The van der Waals surface area contributed by atoms with E-state index in [1.165, 1.54) is 0 Å². The van der Waals surface area contributed by atoms with Crippen LogP contribution in [0.1, 0.15) is 26.2 Å². The van der Waals surface area contributed by atoms with E-state index in [0.717, 1.165) is 19.1 Å². The molecule has 0 aromatic heterocycles. The molecular weight excluding hydrogens is 116 g/mol. The Labute approximate surface area is 54.2 Å². The largest absolute Gasteiger partial charge is 0.303 e. The maximum Gasteiger partial charge on any atom is 0.188 e. The number of aldehydes is 1. The molecule has 0 aromatic rings. The smallest absolute Gasteiger partial charge is 0.188 e. The van der Waals surface area contributed by atoms with Crippen molar-refractivity contribution in [2.45, 2.75) is 31.8 Å². The first kappa shape index (κ1) is 6.39. The summed E-state index contributed by atoms with van der Waals surface area (Å²) in [5.41, 5.74) is -0.108. The fraction of sp³-hybridized carbons (Fsp3) is 0.833. The molecule has 0 atom stereocenters. The van der Waals surface area contributed by atoms with Crippen molar-refractivity contribution >= 4 is 6.29 Å². The second kappa shape index (κ2) is 2.25. The van der Waals surface area contributed by atoms with Crippen molar-refractivity contribution in [3.8, 4) is 0 Å². The van der Waals surface area contributed by atoms with Crippen molar-refractivity contribution in [3.63, 3.8) is 0 Å². The zero-order valence-electron chi connectivity index (χ0n) is 5.50. The Morgan fingerprint density at radius 2 is 2.22 bits per heavy atom. The predicted octanol–water partition coefficient (Wildman–Crippen LogP) is 1.54. The fourth-order valence-electron chi connectivity index (χ4n) is 0.706. The number of nitrogens with zero attached hydrogens (tertiary/aromatic N) is 2. The SMILES string of the molecule is CC1(CCCC=O)N=N1. The van der Waals surface area contributed by atoms with Gasteiger partial charge in [-0.2, -0.15) is 10.2 Å². The van der Waals surface area contributed by atoms with Crippen molar-refractivity contribution in [2.24, 2.45) is 10.2 Å². The van der Waals surface area contributed by atoms with Crippen LogP contribution in [-0.4, -0.2) is 11.9 Å². The molecule has 3 heteroatoms. The predicted molar refractivity (Wildman–Crippen MR) is 33.2 cm³/mol. The van der Waals surface area contributed by atoms with Gasteiger partial charge < -0.3 is 4.79 Å². The van der Waals surface area contributed by atoms with E-state index in [0.29, 0.717) is 6.42 Å². The second-order valence-corrected chi connectivity index (χ2v) is 2.48. The molecule has 0 saturated heterocycles. The number of carbonyl (C=O) groups excluding carboxylic acids is 1. The monoisotopic (exact) mass is 126 g/mol. The summed E-state index contributed by atoms with van der Waals surface area (Å²) >= 11 is 0. The first-order valence-electron chi connectivity index (χ1n) is 3.14. The maximum absolute atomic E-state index is 9.85. The molecule has 0 aromatic carbocycles. The van der Waals surface area contributed by atoms with Crippen molar-refractivity contribution in [2.75, 3.05) is 0 Å². The van der Waals surface area contributed by atoms with Gasteiger partial charge in [-0.15, -0.1) is 0 Å². The molecule has 0 saturated carbocycles. The minimum Gasteiger partial charge on any atom is -0.303 e. The lowest BCUT2D eigenvalue weighted by Gasteiger charge is -1.98. The van der Waals surface area contributed by atoms with Crippen molar-refractivity contribution in [1.29, 1.82) is 0 Å². The average molecular weight is 126 g/mol. The number of hydrogen-bond donors (Lipinski definition) is 0. The van der Waals surface area contributed by atoms with Gasteiger partial charge in [0.15, 0.2) is 5.66 Å². The standard InChI is InChI=1S/C6H10N2O/c1-6(7-8-6)4-2-3-5-9/h5H,2-4H2,1H3. The normalized spacial score (nSPS) is 19.7. The Bertz CT molecular complexity index is 136. The van der Waals surface area contributed by atoms with E-state index in [1.807, 2.05) is 6.92 Å². The molecule has 0 radical (unpaired) electrons. The van der Waals surface area contributed by atoms with Gasteiger partial charge in [-0.3, -0.25) is 0 Å². The van der Waals surface area contributed by atoms with E-state index < -0.39 is 0 Å². The molecule has 0 aliphatic carbocycles. The highest BCUT2D eigenvalue weighted by Gasteiger charge is 2.32. The second-order valence-electron chi connectivity index (χ2n) is 2.48. The summed E-state index contributed by atoms with van der Waals surface area (Å²) in [6.45, 7) is 1.97. The molecule has 0 N–H and O–H groups in total. The van der Waals surface area contributed by atoms with Crippen LogP contribution in [0.4, 0.5) is 0 Å². The third kappa shape index (κ3) is 1.91. The zero-order valence-corrected chi connectivity index (χ0v) is 5.50. The Morgan fingerprint density at radius 3 is 2.67 bits per heavy atom. The van der Waals surface area contributed by atoms with Crippen LogP contribution < -0.4 is 0 Å². The maximum atomic E-state index is 9.85. The Morgan fingerprint density at radius 1 is 1.56 bits per heavy atom. The highest BCUT2D eigenvalue weighted by molar-refractivity contribution is 5.49. The van der Waals surface area contributed by atoms with Crippen LogP contribution in [0, 0.1) is 0 Å². The molecule has 3 nitrogen and oxygen atoms in total. The molecule has 0 amide bonds. The van der Waals surface area contributed by atoms with E-state index in [1.54, 1.807) is 0 Å². The summed E-state index contributed by atoms with van der Waals surface area (Å²) in [7, 11) is 0. The summed E-state index contributed by atoms with van der Waals surface area (Å²) in [6, 6.07) is 0. The highest BCUT2D eigenvalue weighted by atomic mass is 16.1. The summed E-state index contributed by atoms with van der Waals surface area (Å²) in [4.78, 5) is 9.85. The highest BCUT2D eigenvalue weighted by Crippen LogP contribution is 2.32. The van der Waals surface area contributed by atoms with Gasteiger partial charge in [-0.1, -0.05) is 0 Å². The molecule has 1 heterocycles. The van der Waals surface area contributed by atoms with Gasteiger partial charge in [0.1, 0.15) is 6.29 Å². The van der Waals surface area contributed by atoms with Crippen LogP contribution in [0.25, 0.3) is 0 Å². The van der Waals surface area contributed by atoms with Gasteiger partial charge in [0, 0.05) is 6.42 Å². The Balaban J connectivity index is 1.99. The van der Waals surface area contributed by atoms with Crippen LogP contribution in [0.2, 0.25) is 0 Å². The summed E-state index contributed by atoms with van der Waals surface area (Å²) in [6.07, 6.45) is 3.41. The van der Waals surface area contributed by atoms with E-state index >= 15 is 0 Å². The first-order chi connectivity index (χ1) is 4.27. The molecule has 1 aliphatic rings. The molecule has 50 valence electrons. The van der Waals surface area contributed by atoms with E-state index in [9.17, 15) is 4.79 Å². The average Bonchev–Trinajstić information content (AvgIpc) is 2.50. The summed E-state index contributed by atoms with van der Waals surface area (Å²) in [5.74, 6) is 0. The quantitative estimate of drug-likeness (QED) is 0.416. The van der Waals surface area contributed by atoms with Crippen molar-refractivity contribution < 1.29 is 4.79 Å². The molecule has 1 aliphatic heterocycles. The molecular formula is C6H10N2O. The molecule has 0 bridgehead atoms. The van der Waals surface area contributed by atoms with E-state index in [-0.39, 0.29) is 5.66 Å². The topological polar surface area (TPSA) is 41.8 Å². The van der Waals surface area contributed by atoms with Crippen LogP contribution in [-0.2, 0) is 4.79 Å². The molecule has 9 heavy (non-hydrogen) atoms. The Hall–Kier alpha value is -0.730. The summed E-state index contributed by atoms with van der Waals surface area (Å²) in [5, 5.41) is 7.63. The first-order valence-corrected chi connectivity index (χ1v) is 3.14. The van der Waals surface area contributed by atoms with E-state index in [4.69, 9.17) is 0 Å². The number of hydrogen-bond acceptors (Lipinski definition) is 3. The van der Waals surface area contributed by atoms with Gasteiger partial charge in [-0.05, 0) is 19.8 Å². The third-order valence-corrected chi connectivity index (χ3v) is 1.41. The molecule has 0 unspecified atom stereocenters. The van der Waals surface area contributed by atoms with Gasteiger partial charge in [0.05, 0.1) is 0 Å². The van der Waals surface area contributed by atoms with Crippen LogP contribution in [0.5, 0.6) is 0 Å². The lowest BCUT2D eigenvalue weighted by Crippen LogP contribution is -2.02. The van der Waals surface area contributed by atoms with Crippen LogP contribution in [0.15, 0.2) is 10.2 Å². The lowest BCUT2D eigenvalue weighted by atomic mass is 10.1. The third-order valence-electron chi connectivity index (χ3n) is 1.41. The molecule has 0 fully saturated rings. The van der Waals surface area contributed by atoms with E-state index in [2.05, 4.69) is 10.2 Å².